The Bertz CT molecular complexity index is 1410. The lowest BCUT2D eigenvalue weighted by atomic mass is 9.92. The molecular weight excluding hydrogens is 424 g/mol. The molecule has 2 atom stereocenters. The van der Waals surface area contributed by atoms with Crippen LogP contribution in [0.2, 0.25) is 0 Å². The Morgan fingerprint density at radius 1 is 1.15 bits per heavy atom. The average molecular weight is 455 g/mol. The van der Waals surface area contributed by atoms with Gasteiger partial charge in [-0.1, -0.05) is 0 Å². The molecule has 7 rings (SSSR count). The topological polar surface area (TPSA) is 68.0 Å². The molecule has 174 valence electrons. The number of imidazole rings is 1. The SMILES string of the molecule is Cn1c(-c2cc3cccnc3n2CC2CC2)nc2cc(C(=O)N3CC[C@@H]4CCN[C@@H]4C3)ccc21. The monoisotopic (exact) mass is 454 g/mol. The maximum Gasteiger partial charge on any atom is 0.253 e. The highest BCUT2D eigenvalue weighted by molar-refractivity contribution is 5.98. The number of nitrogens with one attached hydrogen (secondary N) is 1. The van der Waals surface area contributed by atoms with Gasteiger partial charge in [0.15, 0.2) is 5.82 Å². The third-order valence-electron chi connectivity index (χ3n) is 8.11. The second kappa shape index (κ2) is 7.67. The highest BCUT2D eigenvalue weighted by Gasteiger charge is 2.34. The summed E-state index contributed by atoms with van der Waals surface area (Å²) in [6.07, 6.45) is 6.77. The van der Waals surface area contributed by atoms with E-state index in [1.165, 1.54) is 19.3 Å². The molecule has 2 saturated heterocycles. The van der Waals surface area contributed by atoms with Crippen LogP contribution in [0.4, 0.5) is 0 Å². The summed E-state index contributed by atoms with van der Waals surface area (Å²) in [5.41, 5.74) is 4.76. The molecule has 1 aromatic carbocycles. The molecule has 2 aliphatic heterocycles. The molecule has 0 radical (unpaired) electrons. The quantitative estimate of drug-likeness (QED) is 0.509. The minimum absolute atomic E-state index is 0.119. The first kappa shape index (κ1) is 20.2. The zero-order valence-electron chi connectivity index (χ0n) is 19.6. The Hall–Kier alpha value is -3.19. The molecule has 0 bridgehead atoms. The molecule has 1 N–H and O–H groups in total. The van der Waals surface area contributed by atoms with Gasteiger partial charge in [-0.25, -0.2) is 9.97 Å². The van der Waals surface area contributed by atoms with Crippen LogP contribution in [0.1, 0.15) is 36.0 Å². The highest BCUT2D eigenvalue weighted by atomic mass is 16.2. The minimum Gasteiger partial charge on any atom is -0.337 e. The lowest BCUT2D eigenvalue weighted by Crippen LogP contribution is -2.48. The molecule has 5 heterocycles. The Balaban J connectivity index is 1.25. The number of piperidine rings is 1. The van der Waals surface area contributed by atoms with Crippen LogP contribution in [0.3, 0.4) is 0 Å². The van der Waals surface area contributed by atoms with Gasteiger partial charge in [0.1, 0.15) is 5.65 Å². The molecule has 4 aromatic rings. The highest BCUT2D eigenvalue weighted by Crippen LogP contribution is 2.36. The number of rotatable bonds is 4. The smallest absolute Gasteiger partial charge is 0.253 e. The van der Waals surface area contributed by atoms with Crippen molar-refractivity contribution in [1.29, 1.82) is 0 Å². The van der Waals surface area contributed by atoms with E-state index >= 15 is 0 Å². The summed E-state index contributed by atoms with van der Waals surface area (Å²) >= 11 is 0. The summed E-state index contributed by atoms with van der Waals surface area (Å²) in [4.78, 5) is 25.1. The van der Waals surface area contributed by atoms with Crippen molar-refractivity contribution in [1.82, 2.24) is 29.3 Å². The van der Waals surface area contributed by atoms with Gasteiger partial charge in [0.25, 0.3) is 5.91 Å². The maximum absolute atomic E-state index is 13.3. The predicted molar refractivity (Wildman–Crippen MR) is 133 cm³/mol. The maximum atomic E-state index is 13.3. The molecule has 3 fully saturated rings. The van der Waals surface area contributed by atoms with Gasteiger partial charge in [-0.2, -0.15) is 0 Å². The van der Waals surface area contributed by atoms with Gasteiger partial charge in [-0.3, -0.25) is 4.79 Å². The Kier molecular flexibility index (Phi) is 4.56. The molecule has 3 aromatic heterocycles. The van der Waals surface area contributed by atoms with Gasteiger partial charge in [-0.15, -0.1) is 0 Å². The predicted octanol–water partition coefficient (Wildman–Crippen LogP) is 3.82. The fraction of sp³-hybridized carbons (Fsp3) is 0.444. The van der Waals surface area contributed by atoms with E-state index in [1.807, 2.05) is 35.4 Å². The van der Waals surface area contributed by atoms with Crippen LogP contribution in [0.5, 0.6) is 0 Å². The molecule has 1 aliphatic carbocycles. The van der Waals surface area contributed by atoms with Gasteiger partial charge in [-0.05, 0) is 80.5 Å². The van der Waals surface area contributed by atoms with Crippen LogP contribution in [-0.4, -0.2) is 55.6 Å². The normalized spacial score (nSPS) is 22.6. The first-order valence-corrected chi connectivity index (χ1v) is 12.6. The second-order valence-electron chi connectivity index (χ2n) is 10.3. The van der Waals surface area contributed by atoms with E-state index in [2.05, 4.69) is 38.6 Å². The molecule has 7 heteroatoms. The van der Waals surface area contributed by atoms with E-state index in [1.54, 1.807) is 0 Å². The molecule has 34 heavy (non-hydrogen) atoms. The molecule has 0 spiro atoms. The zero-order chi connectivity index (χ0) is 22.8. The number of nitrogens with zero attached hydrogens (tertiary/aromatic N) is 5. The second-order valence-corrected chi connectivity index (χ2v) is 10.3. The summed E-state index contributed by atoms with van der Waals surface area (Å²) in [6.45, 7) is 3.71. The summed E-state index contributed by atoms with van der Waals surface area (Å²) in [5.74, 6) is 2.50. The van der Waals surface area contributed by atoms with Gasteiger partial charge < -0.3 is 19.4 Å². The number of benzene rings is 1. The standard InChI is InChI=1S/C27H30N6O/c1-31-23-7-6-20(27(34)32-12-9-18-8-11-28-22(18)16-32)13-21(23)30-26(31)24-14-19-3-2-10-29-25(19)33(24)15-17-4-5-17/h2-3,6-7,10,13-14,17-18,22,28H,4-5,8-9,11-12,15-16H2,1H3/t18-,22+/m0/s1. The number of aryl methyl sites for hydroxylation is 1. The number of aromatic nitrogens is 4. The van der Waals surface area contributed by atoms with Crippen molar-refractivity contribution in [3.63, 3.8) is 0 Å². The van der Waals surface area contributed by atoms with Crippen molar-refractivity contribution in [3.05, 3.63) is 48.2 Å². The van der Waals surface area contributed by atoms with E-state index in [9.17, 15) is 4.79 Å². The van der Waals surface area contributed by atoms with Gasteiger partial charge in [0.05, 0.1) is 16.7 Å². The largest absolute Gasteiger partial charge is 0.337 e. The van der Waals surface area contributed by atoms with Gasteiger partial charge in [0.2, 0.25) is 0 Å². The van der Waals surface area contributed by atoms with Crippen LogP contribution in [0.25, 0.3) is 33.6 Å². The Labute approximate surface area is 198 Å². The molecular formula is C27H30N6O. The fourth-order valence-corrected chi connectivity index (χ4v) is 5.98. The summed E-state index contributed by atoms with van der Waals surface area (Å²) in [7, 11) is 2.06. The fourth-order valence-electron chi connectivity index (χ4n) is 5.98. The first-order chi connectivity index (χ1) is 16.7. The van der Waals surface area contributed by atoms with Gasteiger partial charge in [0, 0.05) is 49.9 Å². The zero-order valence-corrected chi connectivity index (χ0v) is 19.6. The lowest BCUT2D eigenvalue weighted by molar-refractivity contribution is 0.0669. The van der Waals surface area contributed by atoms with Crippen molar-refractivity contribution in [2.75, 3.05) is 19.6 Å². The Morgan fingerprint density at radius 2 is 2.06 bits per heavy atom. The summed E-state index contributed by atoms with van der Waals surface area (Å²) in [6, 6.07) is 12.8. The van der Waals surface area contributed by atoms with E-state index in [4.69, 9.17) is 4.98 Å². The number of likely N-dealkylation sites (tertiary alicyclic amines) is 1. The van der Waals surface area contributed by atoms with Crippen LogP contribution < -0.4 is 5.32 Å². The summed E-state index contributed by atoms with van der Waals surface area (Å²) < 4.78 is 4.48. The lowest BCUT2D eigenvalue weighted by Gasteiger charge is -2.35. The number of carbonyl (C=O) groups is 1. The van der Waals surface area contributed by atoms with E-state index < -0.39 is 0 Å². The van der Waals surface area contributed by atoms with Crippen molar-refractivity contribution in [3.8, 4) is 11.5 Å². The molecule has 7 nitrogen and oxygen atoms in total. The molecule has 1 saturated carbocycles. The van der Waals surface area contributed by atoms with Crippen molar-refractivity contribution >= 4 is 28.0 Å². The van der Waals surface area contributed by atoms with Crippen molar-refractivity contribution in [2.24, 2.45) is 18.9 Å². The van der Waals surface area contributed by atoms with Crippen LogP contribution in [-0.2, 0) is 13.6 Å². The average Bonchev–Trinajstić information content (AvgIpc) is 3.29. The minimum atomic E-state index is 0.119. The first-order valence-electron chi connectivity index (χ1n) is 12.6. The number of amides is 1. The third-order valence-corrected chi connectivity index (χ3v) is 8.11. The number of hydrogen-bond donors (Lipinski definition) is 1. The van der Waals surface area contributed by atoms with Crippen molar-refractivity contribution < 1.29 is 4.79 Å². The molecule has 0 unspecified atom stereocenters. The van der Waals surface area contributed by atoms with E-state index in [0.29, 0.717) is 6.04 Å². The van der Waals surface area contributed by atoms with Gasteiger partial charge >= 0.3 is 0 Å². The van der Waals surface area contributed by atoms with E-state index in [-0.39, 0.29) is 5.91 Å². The number of carbonyl (C=O) groups excluding carboxylic acids is 1. The number of fused-ring (bicyclic) bond motifs is 3. The van der Waals surface area contributed by atoms with E-state index in [0.717, 1.165) is 83.6 Å². The van der Waals surface area contributed by atoms with Crippen LogP contribution >= 0.6 is 0 Å². The molecule has 1 amide bonds. The summed E-state index contributed by atoms with van der Waals surface area (Å²) in [5, 5.41) is 4.71. The third kappa shape index (κ3) is 3.25. The number of hydrogen-bond acceptors (Lipinski definition) is 4. The number of pyridine rings is 1. The Morgan fingerprint density at radius 3 is 2.94 bits per heavy atom. The molecule has 3 aliphatic rings. The van der Waals surface area contributed by atoms with Crippen LogP contribution in [0, 0.1) is 11.8 Å². The van der Waals surface area contributed by atoms with Crippen LogP contribution in [0.15, 0.2) is 42.6 Å². The van der Waals surface area contributed by atoms with Crippen molar-refractivity contribution in [2.45, 2.75) is 38.3 Å².